The molecular weight excluding hydrogens is 266 g/mol. The van der Waals surface area contributed by atoms with Gasteiger partial charge >= 0.3 is 0 Å². The van der Waals surface area contributed by atoms with Crippen LogP contribution in [0.5, 0.6) is 0 Å². The van der Waals surface area contributed by atoms with Crippen LogP contribution >= 0.6 is 11.8 Å². The predicted octanol–water partition coefficient (Wildman–Crippen LogP) is 4.60. The van der Waals surface area contributed by atoms with Crippen LogP contribution in [0.25, 0.3) is 11.0 Å². The minimum Gasteiger partial charge on any atom is -0.461 e. The van der Waals surface area contributed by atoms with E-state index in [1.165, 1.54) is 21.6 Å². The van der Waals surface area contributed by atoms with Crippen molar-refractivity contribution in [2.75, 3.05) is 19.8 Å². The molecule has 3 rings (SSSR count). The fourth-order valence-corrected chi connectivity index (χ4v) is 3.12. The lowest BCUT2D eigenvalue weighted by Crippen LogP contribution is -2.30. The number of rotatable bonds is 1. The Hall–Kier alpha value is -0.930. The fraction of sp³-hybridized carbons (Fsp3) is 0.529. The van der Waals surface area contributed by atoms with Crippen LogP contribution in [0.3, 0.4) is 0 Å². The molecular formula is C17H25NOS. The van der Waals surface area contributed by atoms with E-state index >= 15 is 0 Å². The molecule has 3 heteroatoms. The van der Waals surface area contributed by atoms with E-state index in [0.29, 0.717) is 6.04 Å². The van der Waals surface area contributed by atoms with Crippen LogP contribution in [0.15, 0.2) is 27.5 Å². The maximum atomic E-state index is 6.05. The molecule has 0 radical (unpaired) electrons. The summed E-state index contributed by atoms with van der Waals surface area (Å²) < 4.78 is 6.05. The van der Waals surface area contributed by atoms with Gasteiger partial charge in [0.1, 0.15) is 11.3 Å². The number of furan rings is 1. The first-order valence-electron chi connectivity index (χ1n) is 7.47. The quantitative estimate of drug-likeness (QED) is 0.714. The molecule has 0 spiro atoms. The zero-order valence-corrected chi connectivity index (χ0v) is 14.0. The van der Waals surface area contributed by atoms with Gasteiger partial charge in [0.25, 0.3) is 0 Å². The molecule has 0 fully saturated rings. The Morgan fingerprint density at radius 3 is 2.75 bits per heavy atom. The summed E-state index contributed by atoms with van der Waals surface area (Å²) in [4.78, 5) is 3.73. The molecule has 2 nitrogen and oxygen atoms in total. The summed E-state index contributed by atoms with van der Waals surface area (Å²) in [6.07, 6.45) is 4.24. The lowest BCUT2D eigenvalue weighted by Gasteiger charge is -2.20. The summed E-state index contributed by atoms with van der Waals surface area (Å²) in [6.45, 7) is 7.39. The highest BCUT2D eigenvalue weighted by Crippen LogP contribution is 2.32. The lowest BCUT2D eigenvalue weighted by molar-refractivity contribution is 0.262. The summed E-state index contributed by atoms with van der Waals surface area (Å²) >= 11 is 1.79. The van der Waals surface area contributed by atoms with E-state index in [1.54, 1.807) is 11.8 Å². The zero-order chi connectivity index (χ0) is 14.7. The Morgan fingerprint density at radius 1 is 1.30 bits per heavy atom. The molecule has 0 saturated carbocycles. The fourth-order valence-electron chi connectivity index (χ4n) is 2.68. The van der Waals surface area contributed by atoms with Crippen molar-refractivity contribution >= 4 is 22.7 Å². The van der Waals surface area contributed by atoms with Gasteiger partial charge in [-0.2, -0.15) is 0 Å². The van der Waals surface area contributed by atoms with Crippen LogP contribution in [0.2, 0.25) is 0 Å². The number of fused-ring (bicyclic) bond motifs is 3. The normalized spacial score (nSPS) is 19.1. The molecule has 1 unspecified atom stereocenters. The number of nitrogens with zero attached hydrogens (tertiary/aromatic N) is 1. The van der Waals surface area contributed by atoms with Crippen LogP contribution in [-0.2, 0) is 12.8 Å². The standard InChI is InChI=1S/C15H19NOS.C2H6/c1-10-8-15-12(6-7-16(10)2)13-9-11(18-3)4-5-14(13)17-15;1-2/h4-5,9-10H,6-8H2,1-3H3;1-2H3. The maximum absolute atomic E-state index is 6.05. The van der Waals surface area contributed by atoms with Crippen molar-refractivity contribution in [1.82, 2.24) is 4.90 Å². The number of benzene rings is 1. The molecule has 1 aromatic heterocycles. The second kappa shape index (κ2) is 6.68. The third kappa shape index (κ3) is 2.89. The predicted molar refractivity (Wildman–Crippen MR) is 88.8 cm³/mol. The van der Waals surface area contributed by atoms with Crippen LogP contribution in [0, 0.1) is 0 Å². The van der Waals surface area contributed by atoms with E-state index in [4.69, 9.17) is 4.42 Å². The van der Waals surface area contributed by atoms with Gasteiger partial charge in [0.2, 0.25) is 0 Å². The monoisotopic (exact) mass is 291 g/mol. The van der Waals surface area contributed by atoms with Crippen molar-refractivity contribution in [1.29, 1.82) is 0 Å². The Kier molecular flexibility index (Phi) is 5.17. The molecule has 2 aromatic rings. The molecule has 0 saturated heterocycles. The molecule has 110 valence electrons. The molecule has 1 aliphatic rings. The van der Waals surface area contributed by atoms with Crippen molar-refractivity contribution in [2.24, 2.45) is 0 Å². The average Bonchev–Trinajstić information content (AvgIpc) is 2.75. The Labute approximate surface area is 126 Å². The van der Waals surface area contributed by atoms with Gasteiger partial charge in [-0.05, 0) is 44.8 Å². The topological polar surface area (TPSA) is 16.4 Å². The number of thioether (sulfide) groups is 1. The molecule has 1 aliphatic heterocycles. The second-order valence-corrected chi connectivity index (χ2v) is 6.03. The van der Waals surface area contributed by atoms with Gasteiger partial charge in [-0.3, -0.25) is 0 Å². The molecule has 1 atom stereocenters. The third-order valence-electron chi connectivity index (χ3n) is 4.03. The van der Waals surface area contributed by atoms with Crippen molar-refractivity contribution in [3.8, 4) is 0 Å². The third-order valence-corrected chi connectivity index (χ3v) is 4.75. The first kappa shape index (κ1) is 15.5. The molecule has 0 N–H and O–H groups in total. The lowest BCUT2D eigenvalue weighted by atomic mass is 10.1. The summed E-state index contributed by atoms with van der Waals surface area (Å²) in [7, 11) is 2.20. The SMILES string of the molecule is CC.CSc1ccc2oc3c(c2c1)CCN(C)C(C)C3. The van der Waals surface area contributed by atoms with E-state index < -0.39 is 0 Å². The molecule has 2 heterocycles. The van der Waals surface area contributed by atoms with Gasteiger partial charge in [0, 0.05) is 34.9 Å². The van der Waals surface area contributed by atoms with E-state index in [0.717, 1.165) is 25.0 Å². The van der Waals surface area contributed by atoms with Crippen molar-refractivity contribution in [3.05, 3.63) is 29.5 Å². The van der Waals surface area contributed by atoms with Crippen LogP contribution < -0.4 is 0 Å². The van der Waals surface area contributed by atoms with Crippen LogP contribution in [0.4, 0.5) is 0 Å². The van der Waals surface area contributed by atoms with Gasteiger partial charge < -0.3 is 9.32 Å². The Balaban J connectivity index is 0.000000704. The minimum atomic E-state index is 0.562. The number of likely N-dealkylation sites (N-methyl/N-ethyl adjacent to an activating group) is 1. The number of hydrogen-bond donors (Lipinski definition) is 0. The Morgan fingerprint density at radius 2 is 2.05 bits per heavy atom. The summed E-state index contributed by atoms with van der Waals surface area (Å²) in [6, 6.07) is 7.10. The highest BCUT2D eigenvalue weighted by Gasteiger charge is 2.22. The van der Waals surface area contributed by atoms with Crippen molar-refractivity contribution < 1.29 is 4.42 Å². The van der Waals surface area contributed by atoms with Crippen LogP contribution in [0.1, 0.15) is 32.1 Å². The molecule has 20 heavy (non-hydrogen) atoms. The zero-order valence-electron chi connectivity index (χ0n) is 13.2. The van der Waals surface area contributed by atoms with Gasteiger partial charge in [-0.25, -0.2) is 0 Å². The van der Waals surface area contributed by atoms with E-state index in [2.05, 4.69) is 43.3 Å². The van der Waals surface area contributed by atoms with E-state index in [-0.39, 0.29) is 0 Å². The summed E-state index contributed by atoms with van der Waals surface area (Å²) in [5.41, 5.74) is 2.48. The Bertz CT molecular complexity index is 576. The smallest absolute Gasteiger partial charge is 0.134 e. The number of hydrogen-bond acceptors (Lipinski definition) is 3. The van der Waals surface area contributed by atoms with Crippen molar-refractivity contribution in [3.63, 3.8) is 0 Å². The average molecular weight is 291 g/mol. The largest absolute Gasteiger partial charge is 0.461 e. The minimum absolute atomic E-state index is 0.562. The van der Waals surface area contributed by atoms with E-state index in [1.807, 2.05) is 13.8 Å². The van der Waals surface area contributed by atoms with Gasteiger partial charge in [0.05, 0.1) is 0 Å². The van der Waals surface area contributed by atoms with Crippen LogP contribution in [-0.4, -0.2) is 30.8 Å². The molecule has 0 aliphatic carbocycles. The van der Waals surface area contributed by atoms with Gasteiger partial charge in [-0.15, -0.1) is 11.8 Å². The van der Waals surface area contributed by atoms with Gasteiger partial charge in [0.15, 0.2) is 0 Å². The maximum Gasteiger partial charge on any atom is 0.134 e. The first-order chi connectivity index (χ1) is 9.69. The van der Waals surface area contributed by atoms with Crippen molar-refractivity contribution in [2.45, 2.75) is 44.6 Å². The van der Waals surface area contributed by atoms with Gasteiger partial charge in [-0.1, -0.05) is 13.8 Å². The summed E-state index contributed by atoms with van der Waals surface area (Å²) in [5, 5.41) is 1.32. The highest BCUT2D eigenvalue weighted by atomic mass is 32.2. The highest BCUT2D eigenvalue weighted by molar-refractivity contribution is 7.98. The van der Waals surface area contributed by atoms with E-state index in [9.17, 15) is 0 Å². The summed E-state index contributed by atoms with van der Waals surface area (Å²) in [5.74, 6) is 1.19. The molecule has 0 amide bonds. The second-order valence-electron chi connectivity index (χ2n) is 5.15. The molecule has 1 aromatic carbocycles. The molecule has 0 bridgehead atoms. The first-order valence-corrected chi connectivity index (χ1v) is 8.70.